The maximum Gasteiger partial charge on any atom is 0.407 e. The second-order valence-electron chi connectivity index (χ2n) is 6.25. The van der Waals surface area contributed by atoms with Crippen LogP contribution in [0, 0.1) is 6.92 Å². The largest absolute Gasteiger partial charge is 0.444 e. The molecule has 2 N–H and O–H groups in total. The SMILES string of the molecule is Cc1nc(CNC2CC(NC(=O)OC(C)(C)C)C2)cs1. The average Bonchev–Trinajstić information content (AvgIpc) is 2.64. The Labute approximate surface area is 124 Å². The van der Waals surface area contributed by atoms with E-state index in [1.807, 2.05) is 27.7 Å². The van der Waals surface area contributed by atoms with E-state index in [4.69, 9.17) is 4.74 Å². The normalized spacial score (nSPS) is 22.2. The minimum absolute atomic E-state index is 0.222. The van der Waals surface area contributed by atoms with Crippen LogP contribution in [0.25, 0.3) is 0 Å². The fourth-order valence-corrected chi connectivity index (χ4v) is 2.73. The Hall–Kier alpha value is -1.14. The molecule has 0 aromatic carbocycles. The number of aryl methyl sites for hydroxylation is 1. The first-order chi connectivity index (χ1) is 9.32. The summed E-state index contributed by atoms with van der Waals surface area (Å²) in [4.78, 5) is 16.0. The van der Waals surface area contributed by atoms with Gasteiger partial charge >= 0.3 is 6.09 Å². The summed E-state index contributed by atoms with van der Waals surface area (Å²) in [6.45, 7) is 8.42. The minimum Gasteiger partial charge on any atom is -0.444 e. The number of alkyl carbamates (subject to hydrolysis) is 1. The molecule has 0 saturated heterocycles. The maximum atomic E-state index is 11.6. The van der Waals surface area contributed by atoms with Gasteiger partial charge in [0.1, 0.15) is 5.60 Å². The molecule has 0 unspecified atom stereocenters. The molecular formula is C14H23N3O2S. The highest BCUT2D eigenvalue weighted by molar-refractivity contribution is 7.09. The van der Waals surface area contributed by atoms with Crippen molar-refractivity contribution in [1.82, 2.24) is 15.6 Å². The molecule has 1 aliphatic carbocycles. The number of amides is 1. The van der Waals surface area contributed by atoms with Crippen LogP contribution >= 0.6 is 11.3 Å². The molecule has 0 atom stereocenters. The van der Waals surface area contributed by atoms with E-state index in [9.17, 15) is 4.79 Å². The van der Waals surface area contributed by atoms with Crippen LogP contribution in [-0.2, 0) is 11.3 Å². The predicted molar refractivity (Wildman–Crippen MR) is 79.9 cm³/mol. The molecule has 1 saturated carbocycles. The molecule has 5 nitrogen and oxygen atoms in total. The van der Waals surface area contributed by atoms with Crippen LogP contribution in [-0.4, -0.2) is 28.8 Å². The summed E-state index contributed by atoms with van der Waals surface area (Å²) in [5, 5.41) is 9.52. The van der Waals surface area contributed by atoms with Gasteiger partial charge in [-0.3, -0.25) is 0 Å². The van der Waals surface area contributed by atoms with Gasteiger partial charge in [-0.1, -0.05) is 0 Å². The third kappa shape index (κ3) is 4.76. The molecule has 112 valence electrons. The average molecular weight is 297 g/mol. The Kier molecular flexibility index (Phi) is 4.65. The Morgan fingerprint density at radius 2 is 2.15 bits per heavy atom. The first-order valence-corrected chi connectivity index (χ1v) is 7.84. The van der Waals surface area contributed by atoms with E-state index in [0.29, 0.717) is 6.04 Å². The van der Waals surface area contributed by atoms with Crippen molar-refractivity contribution >= 4 is 17.4 Å². The van der Waals surface area contributed by atoms with Crippen molar-refractivity contribution in [3.8, 4) is 0 Å². The molecule has 1 aromatic heterocycles. The Balaban J connectivity index is 1.61. The van der Waals surface area contributed by atoms with Crippen LogP contribution in [0.1, 0.15) is 44.3 Å². The molecule has 0 bridgehead atoms. The van der Waals surface area contributed by atoms with Gasteiger partial charge in [-0.25, -0.2) is 9.78 Å². The van der Waals surface area contributed by atoms with Gasteiger partial charge in [0.2, 0.25) is 0 Å². The number of carbonyl (C=O) groups excluding carboxylic acids is 1. The lowest BCUT2D eigenvalue weighted by Crippen LogP contribution is -2.53. The van der Waals surface area contributed by atoms with Crippen molar-refractivity contribution in [3.05, 3.63) is 16.1 Å². The van der Waals surface area contributed by atoms with Crippen LogP contribution in [0.2, 0.25) is 0 Å². The molecule has 2 rings (SSSR count). The van der Waals surface area contributed by atoms with Crippen molar-refractivity contribution < 1.29 is 9.53 Å². The molecule has 1 fully saturated rings. The highest BCUT2D eigenvalue weighted by Gasteiger charge is 2.31. The second kappa shape index (κ2) is 6.10. The number of hydrogen-bond acceptors (Lipinski definition) is 5. The van der Waals surface area contributed by atoms with Crippen LogP contribution in [0.4, 0.5) is 4.79 Å². The highest BCUT2D eigenvalue weighted by Crippen LogP contribution is 2.21. The number of aromatic nitrogens is 1. The molecular weight excluding hydrogens is 274 g/mol. The van der Waals surface area contributed by atoms with E-state index in [1.165, 1.54) is 0 Å². The van der Waals surface area contributed by atoms with Gasteiger partial charge in [0.25, 0.3) is 0 Å². The van der Waals surface area contributed by atoms with Crippen molar-refractivity contribution in [1.29, 1.82) is 0 Å². The lowest BCUT2D eigenvalue weighted by atomic mass is 9.87. The molecule has 0 radical (unpaired) electrons. The fraction of sp³-hybridized carbons (Fsp3) is 0.714. The lowest BCUT2D eigenvalue weighted by molar-refractivity contribution is 0.0465. The number of ether oxygens (including phenoxy) is 1. The number of hydrogen-bond donors (Lipinski definition) is 2. The first kappa shape index (κ1) is 15.3. The maximum absolute atomic E-state index is 11.6. The van der Waals surface area contributed by atoms with Crippen LogP contribution in [0.3, 0.4) is 0 Å². The molecule has 6 heteroatoms. The molecule has 1 amide bonds. The van der Waals surface area contributed by atoms with Gasteiger partial charge in [0.05, 0.1) is 10.7 Å². The summed E-state index contributed by atoms with van der Waals surface area (Å²) in [5.41, 5.74) is 0.657. The van der Waals surface area contributed by atoms with E-state index in [-0.39, 0.29) is 12.1 Å². The van der Waals surface area contributed by atoms with E-state index < -0.39 is 5.60 Å². The van der Waals surface area contributed by atoms with Gasteiger partial charge in [-0.15, -0.1) is 11.3 Å². The molecule has 1 aromatic rings. The van der Waals surface area contributed by atoms with E-state index in [2.05, 4.69) is 21.0 Å². The number of nitrogens with one attached hydrogen (secondary N) is 2. The summed E-state index contributed by atoms with van der Waals surface area (Å²) >= 11 is 1.67. The summed E-state index contributed by atoms with van der Waals surface area (Å²) < 4.78 is 5.23. The second-order valence-corrected chi connectivity index (χ2v) is 7.31. The predicted octanol–water partition coefficient (Wildman–Crippen LogP) is 2.60. The molecule has 20 heavy (non-hydrogen) atoms. The summed E-state index contributed by atoms with van der Waals surface area (Å²) in [6.07, 6.45) is 1.57. The van der Waals surface area contributed by atoms with Gasteiger partial charge in [0, 0.05) is 24.0 Å². The smallest absolute Gasteiger partial charge is 0.407 e. The molecule has 0 spiro atoms. The highest BCUT2D eigenvalue weighted by atomic mass is 32.1. The van der Waals surface area contributed by atoms with Crippen LogP contribution < -0.4 is 10.6 Å². The van der Waals surface area contributed by atoms with Crippen LogP contribution in [0.15, 0.2) is 5.38 Å². The van der Waals surface area contributed by atoms with E-state index in [1.54, 1.807) is 11.3 Å². The standard InChI is InChI=1S/C14H23N3O2S/c1-9-16-12(8-20-9)7-15-10-5-11(6-10)17-13(18)19-14(2,3)4/h8,10-11,15H,5-7H2,1-4H3,(H,17,18). The molecule has 0 aliphatic heterocycles. The third-order valence-corrected chi connectivity index (χ3v) is 3.92. The zero-order chi connectivity index (χ0) is 14.8. The van der Waals surface area contributed by atoms with Gasteiger partial charge in [-0.2, -0.15) is 0 Å². The summed E-state index contributed by atoms with van der Waals surface area (Å²) in [7, 11) is 0. The summed E-state index contributed by atoms with van der Waals surface area (Å²) in [6, 6.07) is 0.677. The van der Waals surface area contributed by atoms with E-state index in [0.717, 1.165) is 30.1 Å². The third-order valence-electron chi connectivity index (χ3n) is 3.10. The van der Waals surface area contributed by atoms with Crippen molar-refractivity contribution in [2.75, 3.05) is 0 Å². The van der Waals surface area contributed by atoms with Gasteiger partial charge < -0.3 is 15.4 Å². The number of nitrogens with zero attached hydrogens (tertiary/aromatic N) is 1. The monoisotopic (exact) mass is 297 g/mol. The van der Waals surface area contributed by atoms with Crippen molar-refractivity contribution in [2.24, 2.45) is 0 Å². The van der Waals surface area contributed by atoms with Gasteiger partial charge in [0.15, 0.2) is 0 Å². The first-order valence-electron chi connectivity index (χ1n) is 6.96. The Morgan fingerprint density at radius 1 is 1.45 bits per heavy atom. The molecule has 1 heterocycles. The van der Waals surface area contributed by atoms with Crippen LogP contribution in [0.5, 0.6) is 0 Å². The Morgan fingerprint density at radius 3 is 2.70 bits per heavy atom. The Bertz CT molecular complexity index is 461. The zero-order valence-corrected chi connectivity index (χ0v) is 13.3. The number of thiazole rings is 1. The lowest BCUT2D eigenvalue weighted by Gasteiger charge is -2.36. The zero-order valence-electron chi connectivity index (χ0n) is 12.5. The van der Waals surface area contributed by atoms with Crippen molar-refractivity contribution in [2.45, 2.75) is 64.8 Å². The quantitative estimate of drug-likeness (QED) is 0.896. The topological polar surface area (TPSA) is 63.2 Å². The van der Waals surface area contributed by atoms with Crippen molar-refractivity contribution in [3.63, 3.8) is 0 Å². The molecule has 1 aliphatic rings. The fourth-order valence-electron chi connectivity index (χ4n) is 2.11. The number of carbonyl (C=O) groups is 1. The van der Waals surface area contributed by atoms with Gasteiger partial charge in [-0.05, 0) is 40.5 Å². The summed E-state index contributed by atoms with van der Waals surface area (Å²) in [5.74, 6) is 0. The van der Waals surface area contributed by atoms with E-state index >= 15 is 0 Å². The number of rotatable bonds is 4. The minimum atomic E-state index is -0.437.